The summed E-state index contributed by atoms with van der Waals surface area (Å²) in [7, 11) is 1.63. The maximum Gasteiger partial charge on any atom is 0.142 e. The van der Waals surface area contributed by atoms with Crippen LogP contribution in [-0.2, 0) is 11.3 Å². The van der Waals surface area contributed by atoms with Gasteiger partial charge < -0.3 is 20.9 Å². The van der Waals surface area contributed by atoms with Crippen LogP contribution in [0.1, 0.15) is 24.1 Å². The molecule has 0 saturated carbocycles. The second-order valence-corrected chi connectivity index (χ2v) is 4.11. The largest absolute Gasteiger partial charge is 0.492 e. The molecule has 0 saturated heterocycles. The Morgan fingerprint density at radius 2 is 2.12 bits per heavy atom. The van der Waals surface area contributed by atoms with E-state index in [0.717, 1.165) is 11.1 Å². The second-order valence-electron chi connectivity index (χ2n) is 3.70. The first kappa shape index (κ1) is 14.3. The van der Waals surface area contributed by atoms with Crippen LogP contribution in [0.4, 0.5) is 0 Å². The van der Waals surface area contributed by atoms with E-state index in [2.05, 4.69) is 0 Å². The molecule has 0 spiro atoms. The van der Waals surface area contributed by atoms with Crippen molar-refractivity contribution in [2.75, 3.05) is 20.3 Å². The number of halogens is 1. The zero-order valence-electron chi connectivity index (χ0n) is 10.2. The van der Waals surface area contributed by atoms with Crippen LogP contribution in [0, 0.1) is 0 Å². The average Bonchev–Trinajstić information content (AvgIpc) is 2.31. The van der Waals surface area contributed by atoms with Gasteiger partial charge in [-0.2, -0.15) is 0 Å². The molecule has 4 nitrogen and oxygen atoms in total. The summed E-state index contributed by atoms with van der Waals surface area (Å²) in [6.45, 7) is 3.26. The number of hydrogen-bond acceptors (Lipinski definition) is 4. The van der Waals surface area contributed by atoms with Crippen molar-refractivity contribution in [1.82, 2.24) is 0 Å². The summed E-state index contributed by atoms with van der Waals surface area (Å²) < 4.78 is 10.6. The van der Waals surface area contributed by atoms with Crippen LogP contribution in [-0.4, -0.2) is 20.3 Å². The molecule has 1 aromatic carbocycles. The first-order chi connectivity index (χ1) is 8.13. The summed E-state index contributed by atoms with van der Waals surface area (Å²) in [6.07, 6.45) is 0. The summed E-state index contributed by atoms with van der Waals surface area (Å²) in [5.41, 5.74) is 13.3. The summed E-state index contributed by atoms with van der Waals surface area (Å²) in [5.74, 6) is 0.618. The fourth-order valence-electron chi connectivity index (χ4n) is 1.62. The van der Waals surface area contributed by atoms with E-state index in [9.17, 15) is 0 Å². The summed E-state index contributed by atoms with van der Waals surface area (Å²) in [5, 5.41) is 0.542. The number of ether oxygens (including phenoxy) is 2. The van der Waals surface area contributed by atoms with Gasteiger partial charge in [0.25, 0.3) is 0 Å². The maximum atomic E-state index is 6.17. The van der Waals surface area contributed by atoms with Crippen LogP contribution in [0.15, 0.2) is 12.1 Å². The van der Waals surface area contributed by atoms with Gasteiger partial charge in [-0.25, -0.2) is 0 Å². The normalized spacial score (nSPS) is 12.5. The highest BCUT2D eigenvalue weighted by molar-refractivity contribution is 6.32. The minimum absolute atomic E-state index is 0.286. The van der Waals surface area contributed by atoms with E-state index in [1.54, 1.807) is 7.11 Å². The molecule has 0 amide bonds. The van der Waals surface area contributed by atoms with Gasteiger partial charge in [0.15, 0.2) is 0 Å². The molecule has 1 atom stereocenters. The first-order valence-electron chi connectivity index (χ1n) is 5.53. The van der Waals surface area contributed by atoms with Crippen LogP contribution >= 0.6 is 11.6 Å². The lowest BCUT2D eigenvalue weighted by Crippen LogP contribution is -2.22. The molecule has 0 aromatic heterocycles. The molecule has 0 heterocycles. The van der Waals surface area contributed by atoms with Crippen LogP contribution in [0.25, 0.3) is 0 Å². The van der Waals surface area contributed by atoms with Crippen molar-refractivity contribution in [2.24, 2.45) is 11.5 Å². The molecule has 1 rings (SSSR count). The SMILES string of the molecule is CCOc1c(Cl)cc(COC)cc1C(N)CN. The standard InChI is InChI=1S/C12H19ClN2O2/c1-3-17-12-9(11(15)6-14)4-8(7-16-2)5-10(12)13/h4-5,11H,3,6-7,14-15H2,1-2H3. The molecular weight excluding hydrogens is 240 g/mol. The zero-order valence-corrected chi connectivity index (χ0v) is 11.0. The van der Waals surface area contributed by atoms with Gasteiger partial charge in [-0.3, -0.25) is 0 Å². The summed E-state index contributed by atoms with van der Waals surface area (Å²) in [4.78, 5) is 0. The topological polar surface area (TPSA) is 70.5 Å². The van der Waals surface area contributed by atoms with Gasteiger partial charge >= 0.3 is 0 Å². The third-order valence-corrected chi connectivity index (χ3v) is 2.67. The highest BCUT2D eigenvalue weighted by atomic mass is 35.5. The average molecular weight is 259 g/mol. The van der Waals surface area contributed by atoms with E-state index >= 15 is 0 Å². The molecule has 1 unspecified atom stereocenters. The van der Waals surface area contributed by atoms with Crippen LogP contribution < -0.4 is 16.2 Å². The smallest absolute Gasteiger partial charge is 0.142 e. The molecule has 0 aliphatic heterocycles. The van der Waals surface area contributed by atoms with Gasteiger partial charge in [0.05, 0.1) is 18.2 Å². The Morgan fingerprint density at radius 1 is 1.41 bits per heavy atom. The molecule has 1 aromatic rings. The van der Waals surface area contributed by atoms with Crippen LogP contribution in [0.3, 0.4) is 0 Å². The van der Waals surface area contributed by atoms with Gasteiger partial charge in [0.1, 0.15) is 5.75 Å². The van der Waals surface area contributed by atoms with E-state index in [0.29, 0.717) is 30.5 Å². The summed E-state index contributed by atoms with van der Waals surface area (Å²) >= 11 is 6.17. The van der Waals surface area contributed by atoms with Crippen molar-refractivity contribution < 1.29 is 9.47 Å². The van der Waals surface area contributed by atoms with Gasteiger partial charge in [-0.05, 0) is 24.6 Å². The Hall–Kier alpha value is -0.810. The van der Waals surface area contributed by atoms with Crippen LogP contribution in [0.2, 0.25) is 5.02 Å². The minimum atomic E-state index is -0.286. The van der Waals surface area contributed by atoms with E-state index in [4.69, 9.17) is 32.5 Å². The Kier molecular flexibility index (Phi) is 5.71. The predicted octanol–water partition coefficient (Wildman–Crippen LogP) is 1.84. The van der Waals surface area contributed by atoms with Crippen molar-refractivity contribution in [3.63, 3.8) is 0 Å². The third-order valence-electron chi connectivity index (χ3n) is 2.39. The molecule has 4 N–H and O–H groups in total. The van der Waals surface area contributed by atoms with Crippen molar-refractivity contribution in [1.29, 1.82) is 0 Å². The van der Waals surface area contributed by atoms with Crippen molar-refractivity contribution in [3.8, 4) is 5.75 Å². The maximum absolute atomic E-state index is 6.17. The Labute approximate surface area is 107 Å². The van der Waals surface area contributed by atoms with Gasteiger partial charge in [0.2, 0.25) is 0 Å². The lowest BCUT2D eigenvalue weighted by molar-refractivity contribution is 0.184. The number of methoxy groups -OCH3 is 1. The Bertz CT molecular complexity index is 372. The van der Waals surface area contributed by atoms with Crippen molar-refractivity contribution >= 4 is 11.6 Å². The molecule has 5 heteroatoms. The highest BCUT2D eigenvalue weighted by Crippen LogP contribution is 2.33. The molecular formula is C12H19ClN2O2. The van der Waals surface area contributed by atoms with Crippen molar-refractivity contribution in [3.05, 3.63) is 28.3 Å². The number of nitrogens with two attached hydrogens (primary N) is 2. The molecule has 0 radical (unpaired) electrons. The van der Waals surface area contributed by atoms with E-state index in [1.165, 1.54) is 0 Å². The van der Waals surface area contributed by atoms with Crippen LogP contribution in [0.5, 0.6) is 5.75 Å². The number of hydrogen-bond donors (Lipinski definition) is 2. The molecule has 0 aliphatic rings. The van der Waals surface area contributed by atoms with Crippen molar-refractivity contribution in [2.45, 2.75) is 19.6 Å². The number of rotatable bonds is 6. The number of benzene rings is 1. The quantitative estimate of drug-likeness (QED) is 0.817. The third kappa shape index (κ3) is 3.57. The Morgan fingerprint density at radius 3 is 2.65 bits per heavy atom. The van der Waals surface area contributed by atoms with E-state index in [1.807, 2.05) is 19.1 Å². The zero-order chi connectivity index (χ0) is 12.8. The fourth-order valence-corrected chi connectivity index (χ4v) is 1.93. The highest BCUT2D eigenvalue weighted by Gasteiger charge is 2.15. The monoisotopic (exact) mass is 258 g/mol. The lowest BCUT2D eigenvalue weighted by Gasteiger charge is -2.18. The molecule has 17 heavy (non-hydrogen) atoms. The fraction of sp³-hybridized carbons (Fsp3) is 0.500. The predicted molar refractivity (Wildman–Crippen MR) is 69.3 cm³/mol. The Balaban J connectivity index is 3.18. The molecule has 0 bridgehead atoms. The van der Waals surface area contributed by atoms with Gasteiger partial charge in [0, 0.05) is 25.3 Å². The second kappa shape index (κ2) is 6.81. The van der Waals surface area contributed by atoms with E-state index < -0.39 is 0 Å². The summed E-state index contributed by atoms with van der Waals surface area (Å²) in [6, 6.07) is 3.46. The first-order valence-corrected chi connectivity index (χ1v) is 5.91. The molecule has 0 aliphatic carbocycles. The lowest BCUT2D eigenvalue weighted by atomic mass is 10.0. The van der Waals surface area contributed by atoms with E-state index in [-0.39, 0.29) is 6.04 Å². The van der Waals surface area contributed by atoms with Gasteiger partial charge in [-0.1, -0.05) is 11.6 Å². The molecule has 0 fully saturated rings. The minimum Gasteiger partial charge on any atom is -0.492 e. The van der Waals surface area contributed by atoms with Gasteiger partial charge in [-0.15, -0.1) is 0 Å². The molecule has 96 valence electrons.